The number of nitrogens with zero attached hydrogens (tertiary/aromatic N) is 3. The lowest BCUT2D eigenvalue weighted by atomic mass is 10.3. The van der Waals surface area contributed by atoms with Gasteiger partial charge in [-0.05, 0) is 0 Å². The van der Waals surface area contributed by atoms with Gasteiger partial charge >= 0.3 is 0 Å². The number of aliphatic hydroxyl groups excluding tert-OH is 1. The zero-order valence-corrected chi connectivity index (χ0v) is 6.99. The van der Waals surface area contributed by atoms with Crippen molar-refractivity contribution < 1.29 is 9.90 Å². The molecule has 1 aliphatic rings. The Balaban J connectivity index is 2.21. The lowest BCUT2D eigenvalue weighted by Gasteiger charge is -2.09. The van der Waals surface area contributed by atoms with Gasteiger partial charge in [0.15, 0.2) is 0 Å². The molecule has 2 rings (SSSR count). The Hall–Kier alpha value is -1.01. The molecule has 1 unspecified atom stereocenters. The zero-order valence-electron chi connectivity index (χ0n) is 6.17. The van der Waals surface area contributed by atoms with Gasteiger partial charge in [-0.25, -0.2) is 0 Å². The quantitative estimate of drug-likeness (QED) is 0.648. The molecule has 1 aromatic heterocycles. The van der Waals surface area contributed by atoms with Gasteiger partial charge in [-0.3, -0.25) is 9.69 Å². The first kappa shape index (κ1) is 7.63. The molecular formula is C6H7N3O2S. The van der Waals surface area contributed by atoms with E-state index >= 15 is 0 Å². The van der Waals surface area contributed by atoms with Crippen LogP contribution in [0.4, 0.5) is 5.13 Å². The van der Waals surface area contributed by atoms with E-state index in [1.54, 1.807) is 5.51 Å². The molecule has 0 aromatic carbocycles. The summed E-state index contributed by atoms with van der Waals surface area (Å²) >= 11 is 1.30. The van der Waals surface area contributed by atoms with Gasteiger partial charge in [0.1, 0.15) is 5.51 Å². The summed E-state index contributed by atoms with van der Waals surface area (Å²) in [6.07, 6.45) is -0.360. The Morgan fingerprint density at radius 2 is 2.58 bits per heavy atom. The number of carbonyl (C=O) groups excluding carboxylic acids is 1. The molecule has 6 heteroatoms. The summed E-state index contributed by atoms with van der Waals surface area (Å²) in [5.41, 5.74) is 1.56. The van der Waals surface area contributed by atoms with Crippen LogP contribution < -0.4 is 4.90 Å². The van der Waals surface area contributed by atoms with Crippen molar-refractivity contribution in [3.05, 3.63) is 5.51 Å². The normalized spacial score (nSPS) is 23.6. The lowest BCUT2D eigenvalue weighted by molar-refractivity contribution is -0.117. The van der Waals surface area contributed by atoms with Crippen molar-refractivity contribution >= 4 is 22.4 Å². The molecule has 64 valence electrons. The molecule has 0 saturated carbocycles. The monoisotopic (exact) mass is 185 g/mol. The summed E-state index contributed by atoms with van der Waals surface area (Å²) in [6, 6.07) is 0. The van der Waals surface area contributed by atoms with Gasteiger partial charge in [0.2, 0.25) is 11.0 Å². The fraction of sp³-hybridized carbons (Fsp3) is 0.500. The number of aromatic nitrogens is 2. The summed E-state index contributed by atoms with van der Waals surface area (Å²) < 4.78 is 0. The number of carbonyl (C=O) groups is 1. The minimum Gasteiger partial charge on any atom is -0.391 e. The minimum atomic E-state index is -0.554. The van der Waals surface area contributed by atoms with Crippen LogP contribution in [-0.2, 0) is 4.79 Å². The third kappa shape index (κ3) is 1.19. The Morgan fingerprint density at radius 1 is 1.75 bits per heavy atom. The highest BCUT2D eigenvalue weighted by Gasteiger charge is 2.30. The van der Waals surface area contributed by atoms with Crippen LogP contribution in [0.3, 0.4) is 0 Å². The summed E-state index contributed by atoms with van der Waals surface area (Å²) in [7, 11) is 0. The largest absolute Gasteiger partial charge is 0.391 e. The number of anilines is 1. The third-order valence-corrected chi connectivity index (χ3v) is 2.40. The van der Waals surface area contributed by atoms with Crippen LogP contribution >= 0.6 is 11.3 Å². The molecule has 1 aromatic rings. The molecule has 12 heavy (non-hydrogen) atoms. The second kappa shape index (κ2) is 2.80. The van der Waals surface area contributed by atoms with Crippen LogP contribution in [-0.4, -0.2) is 33.9 Å². The predicted molar refractivity (Wildman–Crippen MR) is 42.9 cm³/mol. The van der Waals surface area contributed by atoms with Crippen LogP contribution in [0, 0.1) is 0 Å². The summed E-state index contributed by atoms with van der Waals surface area (Å²) in [5, 5.41) is 17.1. The van der Waals surface area contributed by atoms with Gasteiger partial charge in [-0.15, -0.1) is 10.2 Å². The highest BCUT2D eigenvalue weighted by Crippen LogP contribution is 2.21. The van der Waals surface area contributed by atoms with Gasteiger partial charge in [0, 0.05) is 0 Å². The topological polar surface area (TPSA) is 66.3 Å². The van der Waals surface area contributed by atoms with Crippen LogP contribution in [0.2, 0.25) is 0 Å². The SMILES string of the molecule is O=C1CC(O)CN1c1nncs1. The second-order valence-electron chi connectivity index (χ2n) is 2.58. The third-order valence-electron chi connectivity index (χ3n) is 1.68. The second-order valence-corrected chi connectivity index (χ2v) is 3.40. The van der Waals surface area contributed by atoms with Gasteiger partial charge in [0.25, 0.3) is 0 Å². The fourth-order valence-electron chi connectivity index (χ4n) is 1.16. The molecule has 0 spiro atoms. The van der Waals surface area contributed by atoms with Crippen molar-refractivity contribution in [3.8, 4) is 0 Å². The molecule has 1 amide bonds. The first-order valence-corrected chi connectivity index (χ1v) is 4.40. The van der Waals surface area contributed by atoms with Crippen molar-refractivity contribution in [1.29, 1.82) is 0 Å². The summed E-state index contributed by atoms with van der Waals surface area (Å²) in [4.78, 5) is 12.6. The van der Waals surface area contributed by atoms with E-state index in [2.05, 4.69) is 10.2 Å². The minimum absolute atomic E-state index is 0.0840. The van der Waals surface area contributed by atoms with E-state index in [1.165, 1.54) is 16.2 Å². The van der Waals surface area contributed by atoms with Crippen LogP contribution in [0.1, 0.15) is 6.42 Å². The van der Waals surface area contributed by atoms with E-state index < -0.39 is 6.10 Å². The molecule has 1 aliphatic heterocycles. The van der Waals surface area contributed by atoms with Crippen LogP contribution in [0.25, 0.3) is 0 Å². The molecule has 0 radical (unpaired) electrons. The molecule has 0 aliphatic carbocycles. The molecule has 0 bridgehead atoms. The maximum Gasteiger partial charge on any atom is 0.231 e. The number of hydrogen-bond acceptors (Lipinski definition) is 5. The maximum absolute atomic E-state index is 11.2. The van der Waals surface area contributed by atoms with E-state index in [0.29, 0.717) is 11.7 Å². The van der Waals surface area contributed by atoms with E-state index in [1.807, 2.05) is 0 Å². The van der Waals surface area contributed by atoms with Gasteiger partial charge in [-0.1, -0.05) is 11.3 Å². The summed E-state index contributed by atoms with van der Waals surface area (Å²) in [6.45, 7) is 0.341. The van der Waals surface area contributed by atoms with E-state index in [0.717, 1.165) is 0 Å². The molecular weight excluding hydrogens is 178 g/mol. The number of rotatable bonds is 1. The number of β-amino-alcohol motifs (C(OH)–C–C–N with tert-alkyl or cyclic N) is 1. The first-order valence-electron chi connectivity index (χ1n) is 3.52. The Kier molecular flexibility index (Phi) is 1.78. The van der Waals surface area contributed by atoms with Gasteiger partial charge in [0.05, 0.1) is 19.1 Å². The highest BCUT2D eigenvalue weighted by atomic mass is 32.1. The molecule has 1 fully saturated rings. The smallest absolute Gasteiger partial charge is 0.231 e. The van der Waals surface area contributed by atoms with Crippen molar-refractivity contribution in [2.24, 2.45) is 0 Å². The summed E-state index contributed by atoms with van der Waals surface area (Å²) in [5.74, 6) is -0.0840. The average Bonchev–Trinajstić information content (AvgIpc) is 2.58. The fourth-order valence-corrected chi connectivity index (χ4v) is 1.74. The lowest BCUT2D eigenvalue weighted by Crippen LogP contribution is -2.24. The van der Waals surface area contributed by atoms with Gasteiger partial charge < -0.3 is 5.11 Å². The highest BCUT2D eigenvalue weighted by molar-refractivity contribution is 7.13. The molecule has 2 heterocycles. The van der Waals surface area contributed by atoms with Crippen molar-refractivity contribution in [2.75, 3.05) is 11.4 Å². The average molecular weight is 185 g/mol. The number of hydrogen-bond donors (Lipinski definition) is 1. The van der Waals surface area contributed by atoms with Crippen LogP contribution in [0.5, 0.6) is 0 Å². The Bertz CT molecular complexity index is 287. The molecule has 1 N–H and O–H groups in total. The van der Waals surface area contributed by atoms with Crippen molar-refractivity contribution in [3.63, 3.8) is 0 Å². The van der Waals surface area contributed by atoms with E-state index in [-0.39, 0.29) is 12.3 Å². The maximum atomic E-state index is 11.2. The molecule has 5 nitrogen and oxygen atoms in total. The standard InChI is InChI=1S/C6H7N3O2S/c10-4-1-5(11)9(2-4)6-8-7-3-12-6/h3-4,10H,1-2H2. The van der Waals surface area contributed by atoms with Gasteiger partial charge in [-0.2, -0.15) is 0 Å². The Morgan fingerprint density at radius 3 is 3.08 bits per heavy atom. The first-order chi connectivity index (χ1) is 5.77. The van der Waals surface area contributed by atoms with Crippen LogP contribution in [0.15, 0.2) is 5.51 Å². The molecule has 1 atom stereocenters. The Labute approximate surface area is 72.6 Å². The zero-order chi connectivity index (χ0) is 8.55. The van der Waals surface area contributed by atoms with E-state index in [4.69, 9.17) is 5.11 Å². The predicted octanol–water partition coefficient (Wildman–Crippen LogP) is -0.364. The van der Waals surface area contributed by atoms with Crippen molar-refractivity contribution in [1.82, 2.24) is 10.2 Å². The molecule has 1 saturated heterocycles. The number of amides is 1. The van der Waals surface area contributed by atoms with Crippen molar-refractivity contribution in [2.45, 2.75) is 12.5 Å². The number of aliphatic hydroxyl groups is 1. The van der Waals surface area contributed by atoms with E-state index in [9.17, 15) is 4.79 Å².